The van der Waals surface area contributed by atoms with Crippen LogP contribution in [0, 0.1) is 0 Å². The molecule has 1 amide bonds. The van der Waals surface area contributed by atoms with Crippen molar-refractivity contribution in [1.29, 1.82) is 0 Å². The third-order valence-corrected chi connectivity index (χ3v) is 4.55. The van der Waals surface area contributed by atoms with E-state index in [4.69, 9.17) is 4.42 Å². The average Bonchev–Trinajstić information content (AvgIpc) is 3.24. The van der Waals surface area contributed by atoms with E-state index in [0.29, 0.717) is 13.0 Å². The van der Waals surface area contributed by atoms with Gasteiger partial charge in [0.05, 0.1) is 12.5 Å². The van der Waals surface area contributed by atoms with E-state index in [1.54, 1.807) is 12.5 Å². The number of rotatable bonds is 17. The summed E-state index contributed by atoms with van der Waals surface area (Å²) in [5, 5.41) is 2.95. The van der Waals surface area contributed by atoms with Crippen molar-refractivity contribution >= 4 is 5.91 Å². The molecule has 0 bridgehead atoms. The van der Waals surface area contributed by atoms with E-state index >= 15 is 0 Å². The van der Waals surface area contributed by atoms with Gasteiger partial charge in [-0.3, -0.25) is 4.79 Å². The third-order valence-electron chi connectivity index (χ3n) is 4.55. The smallest absolute Gasteiger partial charge is 0.220 e. The van der Waals surface area contributed by atoms with Gasteiger partial charge in [0, 0.05) is 13.0 Å². The molecule has 0 spiro atoms. The molecule has 1 N–H and O–H groups in total. The molecule has 1 heterocycles. The van der Waals surface area contributed by atoms with E-state index < -0.39 is 0 Å². The van der Waals surface area contributed by atoms with Crippen LogP contribution in [0.3, 0.4) is 0 Å². The maximum absolute atomic E-state index is 11.8. The van der Waals surface area contributed by atoms with Crippen LogP contribution in [0.25, 0.3) is 0 Å². The molecule has 0 saturated heterocycles. The topological polar surface area (TPSA) is 42.2 Å². The predicted octanol–water partition coefficient (Wildman–Crippen LogP) is 7.08. The average molecular weight is 398 g/mol. The zero-order chi connectivity index (χ0) is 20.8. The van der Waals surface area contributed by atoms with Gasteiger partial charge in [0.25, 0.3) is 0 Å². The molecule has 3 heteroatoms. The van der Waals surface area contributed by atoms with Crippen molar-refractivity contribution in [3.8, 4) is 0 Å². The van der Waals surface area contributed by atoms with Crippen molar-refractivity contribution < 1.29 is 9.21 Å². The first-order chi connectivity index (χ1) is 14.3. The molecule has 1 aromatic rings. The van der Waals surface area contributed by atoms with Gasteiger partial charge in [-0.05, 0) is 63.0 Å². The van der Waals surface area contributed by atoms with Crippen LogP contribution in [0.4, 0.5) is 0 Å². The maximum atomic E-state index is 11.8. The summed E-state index contributed by atoms with van der Waals surface area (Å²) in [5.74, 6) is 0.129. The van der Waals surface area contributed by atoms with Crippen molar-refractivity contribution in [3.05, 3.63) is 72.8 Å². The van der Waals surface area contributed by atoms with Crippen LogP contribution in [0.1, 0.15) is 76.7 Å². The lowest BCUT2D eigenvalue weighted by Crippen LogP contribution is -2.25. The summed E-state index contributed by atoms with van der Waals surface area (Å²) < 4.78 is 5.01. The molecule has 0 radical (unpaired) electrons. The SMILES string of the molecule is CCCCC/C=C\C/C=C\C/C=C\C/C=C\CCCC(=O)NCCc1ccoc1. The van der Waals surface area contributed by atoms with Crippen molar-refractivity contribution in [3.63, 3.8) is 0 Å². The molecule has 1 rings (SSSR count). The second-order valence-electron chi connectivity index (χ2n) is 7.21. The van der Waals surface area contributed by atoms with Gasteiger partial charge in [0.1, 0.15) is 0 Å². The van der Waals surface area contributed by atoms with Crippen molar-refractivity contribution in [2.24, 2.45) is 0 Å². The molecule has 0 aromatic carbocycles. The van der Waals surface area contributed by atoms with Gasteiger partial charge in [-0.25, -0.2) is 0 Å². The van der Waals surface area contributed by atoms with E-state index in [1.807, 2.05) is 6.07 Å². The van der Waals surface area contributed by atoms with Crippen LogP contribution in [0.2, 0.25) is 0 Å². The number of amides is 1. The van der Waals surface area contributed by atoms with Crippen LogP contribution in [-0.4, -0.2) is 12.5 Å². The quantitative estimate of drug-likeness (QED) is 0.225. The molecule has 0 aliphatic heterocycles. The van der Waals surface area contributed by atoms with Crippen molar-refractivity contribution in [2.75, 3.05) is 6.54 Å². The Labute approximate surface area is 177 Å². The fourth-order valence-electron chi connectivity index (χ4n) is 2.81. The number of hydrogen-bond donors (Lipinski definition) is 1. The predicted molar refractivity (Wildman–Crippen MR) is 124 cm³/mol. The highest BCUT2D eigenvalue weighted by Crippen LogP contribution is 2.02. The molecule has 0 atom stereocenters. The number of allylic oxidation sites excluding steroid dienone is 8. The van der Waals surface area contributed by atoms with Gasteiger partial charge in [0.2, 0.25) is 5.91 Å². The Morgan fingerprint density at radius 3 is 2.10 bits per heavy atom. The van der Waals surface area contributed by atoms with Crippen molar-refractivity contribution in [2.45, 2.75) is 77.6 Å². The summed E-state index contributed by atoms with van der Waals surface area (Å²) in [5.41, 5.74) is 1.12. The second-order valence-corrected chi connectivity index (χ2v) is 7.21. The molecule has 29 heavy (non-hydrogen) atoms. The molecular formula is C26H39NO2. The van der Waals surface area contributed by atoms with Crippen molar-refractivity contribution in [1.82, 2.24) is 5.32 Å². The number of carbonyl (C=O) groups excluding carboxylic acids is 1. The van der Waals surface area contributed by atoms with E-state index in [-0.39, 0.29) is 5.91 Å². The maximum Gasteiger partial charge on any atom is 0.220 e. The minimum Gasteiger partial charge on any atom is -0.472 e. The Morgan fingerprint density at radius 2 is 1.52 bits per heavy atom. The van der Waals surface area contributed by atoms with Crippen LogP contribution in [0.5, 0.6) is 0 Å². The first-order valence-electron chi connectivity index (χ1n) is 11.2. The minimum absolute atomic E-state index is 0.129. The Hall–Kier alpha value is -2.29. The van der Waals surface area contributed by atoms with E-state index in [0.717, 1.165) is 44.1 Å². The standard InChI is InChI=1S/C26H39NO2/c1-2-3-4-5-6-7-8-9-10-11-12-13-14-15-16-17-18-19-26(28)27-22-20-25-21-23-29-24-25/h6-7,9-10,12-13,15-16,21,23-24H,2-5,8,11,14,17-20,22H2,1H3,(H,27,28)/b7-6-,10-9-,13-12-,16-15-. The molecule has 0 aliphatic rings. The lowest BCUT2D eigenvalue weighted by molar-refractivity contribution is -0.121. The summed E-state index contributed by atoms with van der Waals surface area (Å²) in [6, 6.07) is 1.93. The Morgan fingerprint density at radius 1 is 0.897 bits per heavy atom. The molecule has 0 fully saturated rings. The normalized spacial score (nSPS) is 12.2. The van der Waals surface area contributed by atoms with Gasteiger partial charge in [-0.1, -0.05) is 68.4 Å². The van der Waals surface area contributed by atoms with Gasteiger partial charge in [-0.2, -0.15) is 0 Å². The van der Waals surface area contributed by atoms with Crippen LogP contribution in [-0.2, 0) is 11.2 Å². The van der Waals surface area contributed by atoms with Crippen LogP contribution < -0.4 is 5.32 Å². The summed E-state index contributed by atoms with van der Waals surface area (Å²) in [6.45, 7) is 2.91. The lowest BCUT2D eigenvalue weighted by Gasteiger charge is -2.03. The zero-order valence-electron chi connectivity index (χ0n) is 18.2. The fourth-order valence-corrected chi connectivity index (χ4v) is 2.81. The first-order valence-corrected chi connectivity index (χ1v) is 11.2. The van der Waals surface area contributed by atoms with E-state index in [1.165, 1.54) is 25.7 Å². The number of hydrogen-bond acceptors (Lipinski definition) is 2. The lowest BCUT2D eigenvalue weighted by atomic mass is 10.2. The summed E-state index contributed by atoms with van der Waals surface area (Å²) in [7, 11) is 0. The highest BCUT2D eigenvalue weighted by molar-refractivity contribution is 5.75. The summed E-state index contributed by atoms with van der Waals surface area (Å²) >= 11 is 0. The number of unbranched alkanes of at least 4 members (excludes halogenated alkanes) is 4. The molecule has 0 unspecified atom stereocenters. The number of carbonyl (C=O) groups is 1. The molecular weight excluding hydrogens is 358 g/mol. The van der Waals surface area contributed by atoms with Gasteiger partial charge in [-0.15, -0.1) is 0 Å². The second kappa shape index (κ2) is 19.0. The minimum atomic E-state index is 0.129. The fraction of sp³-hybridized carbons (Fsp3) is 0.500. The van der Waals surface area contributed by atoms with E-state index in [2.05, 4.69) is 60.8 Å². The zero-order valence-corrected chi connectivity index (χ0v) is 18.2. The largest absolute Gasteiger partial charge is 0.472 e. The van der Waals surface area contributed by atoms with E-state index in [9.17, 15) is 4.79 Å². The molecule has 0 saturated carbocycles. The van der Waals surface area contributed by atoms with Gasteiger partial charge >= 0.3 is 0 Å². The number of nitrogens with one attached hydrogen (secondary N) is 1. The molecule has 1 aromatic heterocycles. The molecule has 160 valence electrons. The first kappa shape index (κ1) is 24.7. The Bertz CT molecular complexity index is 609. The highest BCUT2D eigenvalue weighted by Gasteiger charge is 2.00. The molecule has 0 aliphatic carbocycles. The number of furan rings is 1. The van der Waals surface area contributed by atoms with Gasteiger partial charge in [0.15, 0.2) is 0 Å². The van der Waals surface area contributed by atoms with Gasteiger partial charge < -0.3 is 9.73 Å². The Balaban J connectivity index is 1.90. The highest BCUT2D eigenvalue weighted by atomic mass is 16.3. The van der Waals surface area contributed by atoms with Crippen LogP contribution >= 0.6 is 0 Å². The summed E-state index contributed by atoms with van der Waals surface area (Å²) in [4.78, 5) is 11.8. The Kier molecular flexibility index (Phi) is 16.3. The monoisotopic (exact) mass is 397 g/mol. The molecule has 3 nitrogen and oxygen atoms in total. The third kappa shape index (κ3) is 16.4. The van der Waals surface area contributed by atoms with Crippen LogP contribution in [0.15, 0.2) is 71.6 Å². The summed E-state index contributed by atoms with van der Waals surface area (Å²) in [6.07, 6.45) is 32.5.